The quantitative estimate of drug-likeness (QED) is 0.696. The van der Waals surface area contributed by atoms with Gasteiger partial charge in [-0.15, -0.1) is 11.6 Å². The second-order valence-corrected chi connectivity index (χ2v) is 5.64. The van der Waals surface area contributed by atoms with Gasteiger partial charge in [0.25, 0.3) is 0 Å². The normalized spacial score (nSPS) is 11.4. The van der Waals surface area contributed by atoms with Gasteiger partial charge in [0, 0.05) is 36.8 Å². The van der Waals surface area contributed by atoms with Crippen molar-refractivity contribution in [2.75, 3.05) is 5.88 Å². The molecule has 0 unspecified atom stereocenters. The third-order valence-electron chi connectivity index (χ3n) is 3.57. The monoisotopic (exact) mass is 303 g/mol. The van der Waals surface area contributed by atoms with E-state index in [9.17, 15) is 0 Å². The standard InChI is InChI=1S/C15H18ClN5/c1-10-4-5-13-15(17-10)21(14(18-13)6-7-16)9-12-8-20(3)19-11(12)2/h4-5,8H,6-7,9H2,1-3H3. The van der Waals surface area contributed by atoms with Gasteiger partial charge < -0.3 is 4.57 Å². The number of aryl methyl sites for hydroxylation is 4. The third-order valence-corrected chi connectivity index (χ3v) is 3.76. The summed E-state index contributed by atoms with van der Waals surface area (Å²) in [6, 6.07) is 4.00. The summed E-state index contributed by atoms with van der Waals surface area (Å²) in [6.07, 6.45) is 2.78. The number of alkyl halides is 1. The third kappa shape index (κ3) is 2.65. The van der Waals surface area contributed by atoms with Crippen LogP contribution in [-0.2, 0) is 20.0 Å². The number of nitrogens with zero attached hydrogens (tertiary/aromatic N) is 5. The van der Waals surface area contributed by atoms with Crippen molar-refractivity contribution in [2.24, 2.45) is 7.05 Å². The van der Waals surface area contributed by atoms with Gasteiger partial charge in [0.2, 0.25) is 0 Å². The highest BCUT2D eigenvalue weighted by Gasteiger charge is 2.14. The van der Waals surface area contributed by atoms with Crippen LogP contribution in [0, 0.1) is 13.8 Å². The maximum Gasteiger partial charge on any atom is 0.160 e. The molecule has 110 valence electrons. The van der Waals surface area contributed by atoms with Crippen LogP contribution in [0.2, 0.25) is 0 Å². The summed E-state index contributed by atoms with van der Waals surface area (Å²) in [5.74, 6) is 1.52. The van der Waals surface area contributed by atoms with Gasteiger partial charge in [-0.25, -0.2) is 9.97 Å². The van der Waals surface area contributed by atoms with Crippen LogP contribution in [-0.4, -0.2) is 30.2 Å². The molecule has 6 heteroatoms. The molecule has 0 aromatic carbocycles. The summed E-state index contributed by atoms with van der Waals surface area (Å²) in [6.45, 7) is 4.74. The minimum Gasteiger partial charge on any atom is -0.308 e. The molecule has 0 saturated heterocycles. The molecule has 0 aliphatic heterocycles. The second-order valence-electron chi connectivity index (χ2n) is 5.26. The molecule has 3 aromatic heterocycles. The molecule has 0 saturated carbocycles. The highest BCUT2D eigenvalue weighted by atomic mass is 35.5. The smallest absolute Gasteiger partial charge is 0.160 e. The van der Waals surface area contributed by atoms with Gasteiger partial charge in [0.1, 0.15) is 11.3 Å². The van der Waals surface area contributed by atoms with Gasteiger partial charge in [-0.1, -0.05) is 0 Å². The predicted octanol–water partition coefficient (Wildman–Crippen LogP) is 2.61. The first-order valence-corrected chi connectivity index (χ1v) is 7.50. The van der Waals surface area contributed by atoms with Crippen LogP contribution in [0.3, 0.4) is 0 Å². The van der Waals surface area contributed by atoms with Crippen molar-refractivity contribution in [2.45, 2.75) is 26.8 Å². The maximum absolute atomic E-state index is 5.92. The molecule has 0 atom stereocenters. The number of imidazole rings is 1. The Labute approximate surface area is 128 Å². The molecule has 0 bridgehead atoms. The van der Waals surface area contributed by atoms with Crippen LogP contribution >= 0.6 is 11.6 Å². The molecule has 21 heavy (non-hydrogen) atoms. The van der Waals surface area contributed by atoms with E-state index in [2.05, 4.69) is 19.6 Å². The number of hydrogen-bond donors (Lipinski definition) is 0. The first-order valence-electron chi connectivity index (χ1n) is 6.96. The fourth-order valence-corrected chi connectivity index (χ4v) is 2.73. The van der Waals surface area contributed by atoms with Gasteiger partial charge in [-0.05, 0) is 26.0 Å². The van der Waals surface area contributed by atoms with Crippen LogP contribution in [0.1, 0.15) is 22.8 Å². The van der Waals surface area contributed by atoms with Crippen molar-refractivity contribution >= 4 is 22.8 Å². The lowest BCUT2D eigenvalue weighted by atomic mass is 10.2. The molecule has 0 fully saturated rings. The summed E-state index contributed by atoms with van der Waals surface area (Å²) in [5.41, 5.74) is 5.03. The summed E-state index contributed by atoms with van der Waals surface area (Å²) in [7, 11) is 1.94. The Morgan fingerprint density at radius 3 is 2.67 bits per heavy atom. The van der Waals surface area contributed by atoms with Crippen LogP contribution in [0.4, 0.5) is 0 Å². The van der Waals surface area contributed by atoms with E-state index in [1.54, 1.807) is 0 Å². The summed E-state index contributed by atoms with van der Waals surface area (Å²) in [4.78, 5) is 9.31. The minimum atomic E-state index is 0.550. The molecule has 0 amide bonds. The highest BCUT2D eigenvalue weighted by Crippen LogP contribution is 2.18. The predicted molar refractivity (Wildman–Crippen MR) is 83.7 cm³/mol. The van der Waals surface area contributed by atoms with Gasteiger partial charge in [-0.2, -0.15) is 5.10 Å². The van der Waals surface area contributed by atoms with Crippen molar-refractivity contribution in [1.82, 2.24) is 24.3 Å². The van der Waals surface area contributed by atoms with E-state index in [0.29, 0.717) is 5.88 Å². The number of aromatic nitrogens is 5. The number of pyridine rings is 1. The summed E-state index contributed by atoms with van der Waals surface area (Å²) < 4.78 is 3.98. The largest absolute Gasteiger partial charge is 0.308 e. The molecule has 0 radical (unpaired) electrons. The zero-order valence-corrected chi connectivity index (χ0v) is 13.2. The summed E-state index contributed by atoms with van der Waals surface area (Å²) >= 11 is 5.92. The Hall–Kier alpha value is -1.88. The van der Waals surface area contributed by atoms with Crippen molar-refractivity contribution in [3.8, 4) is 0 Å². The maximum atomic E-state index is 5.92. The zero-order valence-electron chi connectivity index (χ0n) is 12.5. The average molecular weight is 304 g/mol. The molecule has 0 N–H and O–H groups in total. The van der Waals surface area contributed by atoms with E-state index in [-0.39, 0.29) is 0 Å². The molecule has 0 aliphatic carbocycles. The minimum absolute atomic E-state index is 0.550. The Morgan fingerprint density at radius 1 is 1.19 bits per heavy atom. The second kappa shape index (κ2) is 5.48. The van der Waals surface area contributed by atoms with Crippen molar-refractivity contribution in [1.29, 1.82) is 0 Å². The van der Waals surface area contributed by atoms with Crippen molar-refractivity contribution < 1.29 is 0 Å². The van der Waals surface area contributed by atoms with Crippen LogP contribution < -0.4 is 0 Å². The number of halogens is 1. The van der Waals surface area contributed by atoms with Crippen LogP contribution in [0.15, 0.2) is 18.3 Å². The number of rotatable bonds is 4. The van der Waals surface area contributed by atoms with E-state index in [0.717, 1.165) is 41.3 Å². The SMILES string of the molecule is Cc1ccc2nc(CCCl)n(Cc3cn(C)nc3C)c2n1. The van der Waals surface area contributed by atoms with Crippen LogP contribution in [0.5, 0.6) is 0 Å². The van der Waals surface area contributed by atoms with E-state index in [1.807, 2.05) is 43.9 Å². The Morgan fingerprint density at radius 2 is 2.00 bits per heavy atom. The van der Waals surface area contributed by atoms with Crippen molar-refractivity contribution in [3.05, 3.63) is 41.1 Å². The number of fused-ring (bicyclic) bond motifs is 1. The molecular formula is C15H18ClN5. The van der Waals surface area contributed by atoms with Gasteiger partial charge >= 0.3 is 0 Å². The highest BCUT2D eigenvalue weighted by molar-refractivity contribution is 6.17. The Kier molecular flexibility index (Phi) is 3.68. The Balaban J connectivity index is 2.12. The topological polar surface area (TPSA) is 48.5 Å². The van der Waals surface area contributed by atoms with Crippen molar-refractivity contribution in [3.63, 3.8) is 0 Å². The van der Waals surface area contributed by atoms with Gasteiger partial charge in [0.05, 0.1) is 12.2 Å². The molecule has 3 rings (SSSR count). The first-order chi connectivity index (χ1) is 10.1. The van der Waals surface area contributed by atoms with Crippen LogP contribution in [0.25, 0.3) is 11.2 Å². The first kappa shape index (κ1) is 14.1. The van der Waals surface area contributed by atoms with E-state index in [1.165, 1.54) is 5.56 Å². The molecule has 0 spiro atoms. The molecule has 5 nitrogen and oxygen atoms in total. The molecule has 0 aliphatic rings. The zero-order chi connectivity index (χ0) is 15.0. The lowest BCUT2D eigenvalue weighted by Gasteiger charge is -2.07. The lowest BCUT2D eigenvalue weighted by molar-refractivity contribution is 0.741. The summed E-state index contributed by atoms with van der Waals surface area (Å²) in [5, 5.41) is 4.40. The molecule has 3 heterocycles. The van der Waals surface area contributed by atoms with Gasteiger partial charge in [-0.3, -0.25) is 4.68 Å². The number of hydrogen-bond acceptors (Lipinski definition) is 3. The van der Waals surface area contributed by atoms with Gasteiger partial charge in [0.15, 0.2) is 5.65 Å². The average Bonchev–Trinajstić information content (AvgIpc) is 2.92. The lowest BCUT2D eigenvalue weighted by Crippen LogP contribution is -2.07. The molecule has 3 aromatic rings. The molecular weight excluding hydrogens is 286 g/mol. The van der Waals surface area contributed by atoms with E-state index in [4.69, 9.17) is 11.6 Å². The fraction of sp³-hybridized carbons (Fsp3) is 0.400. The van der Waals surface area contributed by atoms with E-state index >= 15 is 0 Å². The van der Waals surface area contributed by atoms with E-state index < -0.39 is 0 Å². The Bertz CT molecular complexity index is 787. The fourth-order valence-electron chi connectivity index (χ4n) is 2.56.